The van der Waals surface area contributed by atoms with Crippen molar-refractivity contribution in [3.05, 3.63) is 24.5 Å². The molecule has 2 rings (SSSR count). The molecule has 0 atom stereocenters. The standard InChI is InChI=1S/C17H23N5O4S/c1-3-7-25-13-6-5-12(9-14(13)26-8-4-2)20-16(24)21-15(23)10-27-17-18-11-19-22-17/h5-6,9,11H,3-4,7-8,10H2,1-2H3,(H,18,19,22)(H2,20,21,23,24). The third kappa shape index (κ3) is 7.18. The molecule has 1 heterocycles. The summed E-state index contributed by atoms with van der Waals surface area (Å²) in [5.74, 6) is 0.766. The van der Waals surface area contributed by atoms with Crippen molar-refractivity contribution in [1.29, 1.82) is 0 Å². The van der Waals surface area contributed by atoms with Crippen molar-refractivity contribution in [2.75, 3.05) is 24.3 Å². The van der Waals surface area contributed by atoms with Gasteiger partial charge < -0.3 is 14.8 Å². The summed E-state index contributed by atoms with van der Waals surface area (Å²) < 4.78 is 11.3. The number of ether oxygens (including phenoxy) is 2. The number of anilines is 1. The highest BCUT2D eigenvalue weighted by atomic mass is 32.2. The van der Waals surface area contributed by atoms with Gasteiger partial charge in [0.1, 0.15) is 6.33 Å². The van der Waals surface area contributed by atoms with Crippen molar-refractivity contribution in [1.82, 2.24) is 20.5 Å². The molecule has 0 bridgehead atoms. The molecule has 1 aromatic carbocycles. The minimum atomic E-state index is -0.623. The number of H-pyrrole nitrogens is 1. The summed E-state index contributed by atoms with van der Waals surface area (Å²) in [5, 5.41) is 11.7. The Kier molecular flexibility index (Phi) is 8.43. The first kappa shape index (κ1) is 20.6. The number of rotatable bonds is 10. The van der Waals surface area contributed by atoms with E-state index in [0.717, 1.165) is 24.6 Å². The number of nitrogens with zero attached hydrogens (tertiary/aromatic N) is 2. The van der Waals surface area contributed by atoms with Gasteiger partial charge in [0.15, 0.2) is 16.7 Å². The average Bonchev–Trinajstić information content (AvgIpc) is 3.17. The van der Waals surface area contributed by atoms with Gasteiger partial charge in [-0.05, 0) is 25.0 Å². The summed E-state index contributed by atoms with van der Waals surface area (Å²) in [6.07, 6.45) is 3.07. The molecule has 10 heteroatoms. The van der Waals surface area contributed by atoms with Crippen molar-refractivity contribution in [3.63, 3.8) is 0 Å². The van der Waals surface area contributed by atoms with Crippen LogP contribution < -0.4 is 20.1 Å². The van der Waals surface area contributed by atoms with Gasteiger partial charge >= 0.3 is 6.03 Å². The number of hydrogen-bond acceptors (Lipinski definition) is 7. The quantitative estimate of drug-likeness (QED) is 0.531. The Labute approximate surface area is 161 Å². The largest absolute Gasteiger partial charge is 0.490 e. The molecule has 0 aliphatic carbocycles. The van der Waals surface area contributed by atoms with Crippen LogP contribution in [-0.4, -0.2) is 46.1 Å². The molecule has 0 aliphatic heterocycles. The zero-order valence-electron chi connectivity index (χ0n) is 15.3. The van der Waals surface area contributed by atoms with Crippen molar-refractivity contribution in [3.8, 4) is 11.5 Å². The predicted octanol–water partition coefficient (Wildman–Crippen LogP) is 2.82. The molecule has 27 heavy (non-hydrogen) atoms. The van der Waals surface area contributed by atoms with Crippen LogP contribution >= 0.6 is 11.8 Å². The van der Waals surface area contributed by atoms with Crippen LogP contribution in [0.3, 0.4) is 0 Å². The highest BCUT2D eigenvalue weighted by Gasteiger charge is 2.12. The number of carbonyl (C=O) groups is 2. The van der Waals surface area contributed by atoms with E-state index in [1.54, 1.807) is 18.2 Å². The highest BCUT2D eigenvalue weighted by molar-refractivity contribution is 7.99. The van der Waals surface area contributed by atoms with Crippen molar-refractivity contribution in [2.24, 2.45) is 0 Å². The molecule has 0 fully saturated rings. The smallest absolute Gasteiger partial charge is 0.325 e. The van der Waals surface area contributed by atoms with Gasteiger partial charge in [0.2, 0.25) is 5.91 Å². The summed E-state index contributed by atoms with van der Waals surface area (Å²) in [7, 11) is 0. The van der Waals surface area contributed by atoms with Gasteiger partial charge in [0.25, 0.3) is 0 Å². The molecule has 0 spiro atoms. The van der Waals surface area contributed by atoms with Gasteiger partial charge in [-0.25, -0.2) is 9.78 Å². The minimum absolute atomic E-state index is 0.0390. The molecule has 3 N–H and O–H groups in total. The van der Waals surface area contributed by atoms with Crippen molar-refractivity contribution >= 4 is 29.4 Å². The summed E-state index contributed by atoms with van der Waals surface area (Å²) in [5.41, 5.74) is 0.498. The second-order valence-corrected chi connectivity index (χ2v) is 6.40. The number of hydrogen-bond donors (Lipinski definition) is 3. The molecule has 9 nitrogen and oxygen atoms in total. The van der Waals surface area contributed by atoms with E-state index >= 15 is 0 Å². The third-order valence-electron chi connectivity index (χ3n) is 3.11. The number of carbonyl (C=O) groups excluding carboxylic acids is 2. The van der Waals surface area contributed by atoms with Gasteiger partial charge in [-0.2, -0.15) is 5.10 Å². The second kappa shape index (κ2) is 11.1. The van der Waals surface area contributed by atoms with E-state index in [1.165, 1.54) is 6.33 Å². The first-order valence-electron chi connectivity index (χ1n) is 8.61. The maximum Gasteiger partial charge on any atom is 0.325 e. The van der Waals surface area contributed by atoms with Crippen molar-refractivity contribution < 1.29 is 19.1 Å². The molecule has 3 amide bonds. The number of amides is 3. The van der Waals surface area contributed by atoms with Crippen LogP contribution in [0.15, 0.2) is 29.7 Å². The Morgan fingerprint density at radius 1 is 1.15 bits per heavy atom. The first-order valence-corrected chi connectivity index (χ1v) is 9.59. The first-order chi connectivity index (χ1) is 13.1. The normalized spacial score (nSPS) is 10.3. The molecule has 0 aliphatic rings. The molecule has 1 aromatic heterocycles. The number of thioether (sulfide) groups is 1. The zero-order valence-corrected chi connectivity index (χ0v) is 16.1. The number of benzene rings is 1. The Bertz CT molecular complexity index is 739. The lowest BCUT2D eigenvalue weighted by Crippen LogP contribution is -2.35. The Morgan fingerprint density at radius 2 is 1.89 bits per heavy atom. The molecular weight excluding hydrogens is 370 g/mol. The van der Waals surface area contributed by atoms with Gasteiger partial charge in [0, 0.05) is 11.8 Å². The van der Waals surface area contributed by atoms with Crippen LogP contribution in [0.5, 0.6) is 11.5 Å². The molecule has 146 valence electrons. The van der Waals surface area contributed by atoms with E-state index in [2.05, 4.69) is 25.8 Å². The Morgan fingerprint density at radius 3 is 2.56 bits per heavy atom. The highest BCUT2D eigenvalue weighted by Crippen LogP contribution is 2.31. The number of aromatic amines is 1. The van der Waals surface area contributed by atoms with E-state index in [0.29, 0.717) is 35.6 Å². The van der Waals surface area contributed by atoms with E-state index in [9.17, 15) is 9.59 Å². The zero-order chi connectivity index (χ0) is 19.5. The van der Waals surface area contributed by atoms with Crippen LogP contribution in [0.4, 0.5) is 10.5 Å². The average molecular weight is 393 g/mol. The van der Waals surface area contributed by atoms with Gasteiger partial charge in [-0.15, -0.1) is 0 Å². The lowest BCUT2D eigenvalue weighted by Gasteiger charge is -2.14. The van der Waals surface area contributed by atoms with Crippen LogP contribution in [0.25, 0.3) is 0 Å². The SMILES string of the molecule is CCCOc1ccc(NC(=O)NC(=O)CSc2ncn[nH]2)cc1OCCC. The lowest BCUT2D eigenvalue weighted by atomic mass is 10.2. The fourth-order valence-corrected chi connectivity index (χ4v) is 2.54. The number of aromatic nitrogens is 3. The van der Waals surface area contributed by atoms with Gasteiger partial charge in [-0.3, -0.25) is 15.2 Å². The summed E-state index contributed by atoms with van der Waals surface area (Å²) >= 11 is 1.15. The molecule has 0 saturated carbocycles. The van der Waals surface area contributed by atoms with E-state index in [1.807, 2.05) is 13.8 Å². The number of nitrogens with one attached hydrogen (secondary N) is 3. The van der Waals surface area contributed by atoms with Crippen LogP contribution in [0.1, 0.15) is 26.7 Å². The Balaban J connectivity index is 1.90. The van der Waals surface area contributed by atoms with Crippen LogP contribution in [0, 0.1) is 0 Å². The predicted molar refractivity (Wildman–Crippen MR) is 102 cm³/mol. The molecular formula is C17H23N5O4S. The monoisotopic (exact) mass is 393 g/mol. The summed E-state index contributed by atoms with van der Waals surface area (Å²) in [6, 6.07) is 4.48. The molecule has 0 saturated heterocycles. The van der Waals surface area contributed by atoms with Crippen LogP contribution in [0.2, 0.25) is 0 Å². The molecule has 0 radical (unpaired) electrons. The second-order valence-electron chi connectivity index (χ2n) is 5.44. The number of urea groups is 1. The van der Waals surface area contributed by atoms with Gasteiger partial charge in [-0.1, -0.05) is 25.6 Å². The maximum atomic E-state index is 12.0. The fourth-order valence-electron chi connectivity index (χ4n) is 1.96. The van der Waals surface area contributed by atoms with Crippen LogP contribution in [-0.2, 0) is 4.79 Å². The minimum Gasteiger partial charge on any atom is -0.490 e. The van der Waals surface area contributed by atoms with Gasteiger partial charge in [0.05, 0.1) is 19.0 Å². The van der Waals surface area contributed by atoms with Crippen molar-refractivity contribution in [2.45, 2.75) is 31.8 Å². The summed E-state index contributed by atoms with van der Waals surface area (Å²) in [6.45, 7) is 5.14. The summed E-state index contributed by atoms with van der Waals surface area (Å²) in [4.78, 5) is 27.7. The topological polar surface area (TPSA) is 118 Å². The number of imide groups is 1. The Hall–Kier alpha value is -2.75. The molecule has 0 unspecified atom stereocenters. The van der Waals surface area contributed by atoms with E-state index in [-0.39, 0.29) is 5.75 Å². The third-order valence-corrected chi connectivity index (χ3v) is 3.99. The lowest BCUT2D eigenvalue weighted by molar-refractivity contribution is -0.117. The molecule has 2 aromatic rings. The van der Waals surface area contributed by atoms with E-state index < -0.39 is 11.9 Å². The maximum absolute atomic E-state index is 12.0. The van der Waals surface area contributed by atoms with E-state index in [4.69, 9.17) is 9.47 Å². The fraction of sp³-hybridized carbons (Fsp3) is 0.412.